The number of ether oxygens (including phenoxy) is 2. The van der Waals surface area contributed by atoms with Crippen molar-refractivity contribution in [2.24, 2.45) is 0 Å². The first-order chi connectivity index (χ1) is 17.7. The van der Waals surface area contributed by atoms with Crippen LogP contribution in [-0.4, -0.2) is 29.3 Å². The van der Waals surface area contributed by atoms with E-state index in [1.807, 2.05) is 76.2 Å². The number of benzene rings is 3. The van der Waals surface area contributed by atoms with Gasteiger partial charge in [-0.2, -0.15) is 0 Å². The Kier molecular flexibility index (Phi) is 8.31. The van der Waals surface area contributed by atoms with Crippen LogP contribution in [0.2, 0.25) is 0 Å². The highest BCUT2D eigenvalue weighted by molar-refractivity contribution is 8.27. The Morgan fingerprint density at radius 1 is 1.00 bits per heavy atom. The number of carbonyl (C=O) groups is 2. The zero-order valence-electron chi connectivity index (χ0n) is 21.2. The molecular weight excluding hydrogens is 504 g/mol. The molecule has 0 saturated carbocycles. The van der Waals surface area contributed by atoms with Gasteiger partial charge < -0.3 is 14.8 Å². The lowest BCUT2D eigenvalue weighted by atomic mass is 10.1. The maximum absolute atomic E-state index is 13.1. The van der Waals surface area contributed by atoms with E-state index in [0.717, 1.165) is 33.6 Å². The maximum atomic E-state index is 13.1. The summed E-state index contributed by atoms with van der Waals surface area (Å²) in [5.74, 6) is 0.502. The van der Waals surface area contributed by atoms with Crippen molar-refractivity contribution in [1.82, 2.24) is 0 Å². The normalized spacial score (nSPS) is 14.3. The number of thiocarbonyl (C=S) groups is 1. The van der Waals surface area contributed by atoms with Gasteiger partial charge in [0, 0.05) is 5.69 Å². The predicted molar refractivity (Wildman–Crippen MR) is 154 cm³/mol. The van der Waals surface area contributed by atoms with E-state index in [2.05, 4.69) is 5.32 Å². The fourth-order valence-electron chi connectivity index (χ4n) is 3.77. The van der Waals surface area contributed by atoms with Crippen molar-refractivity contribution in [3.63, 3.8) is 0 Å². The van der Waals surface area contributed by atoms with Crippen LogP contribution in [0.5, 0.6) is 11.5 Å². The number of rotatable bonds is 8. The minimum Gasteiger partial charge on any atom is -0.490 e. The number of thioether (sulfide) groups is 1. The third-order valence-electron chi connectivity index (χ3n) is 5.77. The van der Waals surface area contributed by atoms with Crippen molar-refractivity contribution in [1.29, 1.82) is 0 Å². The molecule has 0 atom stereocenters. The van der Waals surface area contributed by atoms with Gasteiger partial charge in [-0.05, 0) is 92.4 Å². The van der Waals surface area contributed by atoms with E-state index in [9.17, 15) is 9.59 Å². The quantitative estimate of drug-likeness (QED) is 0.266. The van der Waals surface area contributed by atoms with Gasteiger partial charge in [0.05, 0.1) is 17.2 Å². The van der Waals surface area contributed by atoms with E-state index in [1.54, 1.807) is 23.1 Å². The number of aryl methyl sites for hydroxylation is 3. The van der Waals surface area contributed by atoms with Crippen molar-refractivity contribution in [2.75, 3.05) is 23.4 Å². The Morgan fingerprint density at radius 3 is 2.54 bits per heavy atom. The highest BCUT2D eigenvalue weighted by Gasteiger charge is 2.33. The van der Waals surface area contributed by atoms with Crippen molar-refractivity contribution < 1.29 is 19.1 Å². The number of hydrogen-bond acceptors (Lipinski definition) is 6. The maximum Gasteiger partial charge on any atom is 0.270 e. The van der Waals surface area contributed by atoms with Crippen LogP contribution in [0.3, 0.4) is 0 Å². The van der Waals surface area contributed by atoms with Gasteiger partial charge in [-0.25, -0.2) is 0 Å². The molecule has 1 fully saturated rings. The molecule has 1 aliphatic rings. The molecule has 190 valence electrons. The van der Waals surface area contributed by atoms with E-state index in [4.69, 9.17) is 21.7 Å². The molecule has 1 heterocycles. The summed E-state index contributed by atoms with van der Waals surface area (Å²) >= 11 is 6.75. The Labute approximate surface area is 226 Å². The van der Waals surface area contributed by atoms with Crippen molar-refractivity contribution in [3.05, 3.63) is 87.8 Å². The van der Waals surface area contributed by atoms with Gasteiger partial charge in [-0.3, -0.25) is 14.5 Å². The molecule has 8 heteroatoms. The summed E-state index contributed by atoms with van der Waals surface area (Å²) in [6.45, 7) is 8.12. The smallest absolute Gasteiger partial charge is 0.270 e. The summed E-state index contributed by atoms with van der Waals surface area (Å²) in [7, 11) is 0. The lowest BCUT2D eigenvalue weighted by Crippen LogP contribution is -2.27. The van der Waals surface area contributed by atoms with E-state index >= 15 is 0 Å². The second-order valence-electron chi connectivity index (χ2n) is 8.63. The number of hydrogen-bond donors (Lipinski definition) is 1. The first-order valence-corrected chi connectivity index (χ1v) is 13.1. The third-order valence-corrected chi connectivity index (χ3v) is 7.07. The van der Waals surface area contributed by atoms with Crippen LogP contribution in [0.25, 0.3) is 6.08 Å². The molecule has 3 aromatic rings. The summed E-state index contributed by atoms with van der Waals surface area (Å²) in [4.78, 5) is 27.6. The van der Waals surface area contributed by atoms with Crippen LogP contribution in [0.4, 0.5) is 11.4 Å². The van der Waals surface area contributed by atoms with Crippen LogP contribution < -0.4 is 19.7 Å². The molecule has 0 radical (unpaired) electrons. The van der Waals surface area contributed by atoms with Crippen molar-refractivity contribution in [2.45, 2.75) is 27.7 Å². The predicted octanol–water partition coefficient (Wildman–Crippen LogP) is 6.43. The number of nitrogens with zero attached hydrogens (tertiary/aromatic N) is 1. The van der Waals surface area contributed by atoms with Crippen LogP contribution in [-0.2, 0) is 9.59 Å². The summed E-state index contributed by atoms with van der Waals surface area (Å²) in [6, 6.07) is 18.8. The molecule has 0 bridgehead atoms. The number of nitrogens with one attached hydrogen (secondary N) is 1. The molecule has 1 saturated heterocycles. The van der Waals surface area contributed by atoms with Gasteiger partial charge >= 0.3 is 0 Å². The van der Waals surface area contributed by atoms with Gasteiger partial charge in [0.1, 0.15) is 0 Å². The van der Waals surface area contributed by atoms with Crippen LogP contribution >= 0.6 is 24.0 Å². The Balaban J connectivity index is 1.47. The molecule has 4 rings (SSSR count). The average molecular weight is 533 g/mol. The molecule has 2 amide bonds. The van der Waals surface area contributed by atoms with Gasteiger partial charge in [-0.1, -0.05) is 48.2 Å². The molecule has 1 N–H and O–H groups in total. The van der Waals surface area contributed by atoms with Crippen molar-refractivity contribution >= 4 is 57.6 Å². The van der Waals surface area contributed by atoms with Crippen LogP contribution in [0, 0.1) is 20.8 Å². The molecule has 0 spiro atoms. The van der Waals surface area contributed by atoms with Crippen LogP contribution in [0.15, 0.2) is 65.6 Å². The summed E-state index contributed by atoms with van der Waals surface area (Å²) < 4.78 is 12.0. The summed E-state index contributed by atoms with van der Waals surface area (Å²) in [5.41, 5.74) is 5.55. The second-order valence-corrected chi connectivity index (χ2v) is 10.3. The molecule has 1 aliphatic heterocycles. The minimum atomic E-state index is -0.269. The SMILES string of the molecule is CCOc1cc(/C=C2\SC(=S)N(c3cccc(C)c3)C2=O)ccc1OCC(=O)Nc1ccc(C)c(C)c1. The topological polar surface area (TPSA) is 67.9 Å². The number of amides is 2. The molecule has 0 unspecified atom stereocenters. The number of carbonyl (C=O) groups excluding carboxylic acids is 2. The molecule has 37 heavy (non-hydrogen) atoms. The first-order valence-electron chi connectivity index (χ1n) is 11.9. The lowest BCUT2D eigenvalue weighted by Gasteiger charge is -2.15. The highest BCUT2D eigenvalue weighted by atomic mass is 32.2. The van der Waals surface area contributed by atoms with Crippen molar-refractivity contribution in [3.8, 4) is 11.5 Å². The minimum absolute atomic E-state index is 0.165. The van der Waals surface area contributed by atoms with Gasteiger partial charge in [-0.15, -0.1) is 0 Å². The average Bonchev–Trinajstić information content (AvgIpc) is 3.13. The van der Waals surface area contributed by atoms with E-state index in [-0.39, 0.29) is 18.4 Å². The molecule has 0 aromatic heterocycles. The first kappa shape index (κ1) is 26.4. The summed E-state index contributed by atoms with van der Waals surface area (Å²) in [6.07, 6.45) is 1.79. The molecule has 3 aromatic carbocycles. The van der Waals surface area contributed by atoms with Gasteiger partial charge in [0.15, 0.2) is 22.4 Å². The van der Waals surface area contributed by atoms with Gasteiger partial charge in [0.2, 0.25) is 0 Å². The fourth-order valence-corrected chi connectivity index (χ4v) is 5.07. The lowest BCUT2D eigenvalue weighted by molar-refractivity contribution is -0.118. The standard InChI is InChI=1S/C29H28N2O4S2/c1-5-34-25-15-21(16-26-28(33)31(29(36)37-26)23-8-6-7-18(2)13-23)10-12-24(25)35-17-27(32)30-22-11-9-19(3)20(4)14-22/h6-16H,5,17H2,1-4H3,(H,30,32)/b26-16-. The van der Waals surface area contributed by atoms with E-state index in [0.29, 0.717) is 27.3 Å². The largest absolute Gasteiger partial charge is 0.490 e. The third kappa shape index (κ3) is 6.39. The molecule has 0 aliphatic carbocycles. The monoisotopic (exact) mass is 532 g/mol. The molecular formula is C29H28N2O4S2. The Hall–Kier alpha value is -3.62. The fraction of sp³-hybridized carbons (Fsp3) is 0.207. The Bertz CT molecular complexity index is 1400. The summed E-state index contributed by atoms with van der Waals surface area (Å²) in [5, 5.41) is 2.85. The van der Waals surface area contributed by atoms with E-state index < -0.39 is 0 Å². The molecule has 6 nitrogen and oxygen atoms in total. The Morgan fingerprint density at radius 2 is 1.81 bits per heavy atom. The zero-order valence-corrected chi connectivity index (χ0v) is 22.8. The van der Waals surface area contributed by atoms with Gasteiger partial charge in [0.25, 0.3) is 11.8 Å². The second kappa shape index (κ2) is 11.6. The van der Waals surface area contributed by atoms with Crippen LogP contribution in [0.1, 0.15) is 29.2 Å². The zero-order chi connectivity index (χ0) is 26.5. The van der Waals surface area contributed by atoms with E-state index in [1.165, 1.54) is 11.8 Å². The highest BCUT2D eigenvalue weighted by Crippen LogP contribution is 2.37. The number of anilines is 2.